The molecule has 0 N–H and O–H groups in total. The van der Waals surface area contributed by atoms with E-state index >= 15 is 0 Å². The van der Waals surface area contributed by atoms with E-state index in [4.69, 9.17) is 16.4 Å². The summed E-state index contributed by atoms with van der Waals surface area (Å²) < 4.78 is 0. The van der Waals surface area contributed by atoms with Crippen molar-refractivity contribution in [2.75, 3.05) is 0 Å². The molecule has 0 saturated heterocycles. The van der Waals surface area contributed by atoms with Gasteiger partial charge in [0.2, 0.25) is 0 Å². The highest BCUT2D eigenvalue weighted by Crippen LogP contribution is 2.10. The standard InChI is InChI=1S/C15H13ClNO/c1-12-5-2-3-7-14(12)11-18-17-10-13-6-4-8-15(16)9-13/h2-9H,11H2,1H3. The van der Waals surface area contributed by atoms with Crippen molar-refractivity contribution < 1.29 is 4.84 Å². The van der Waals surface area contributed by atoms with Gasteiger partial charge in [-0.05, 0) is 30.2 Å². The summed E-state index contributed by atoms with van der Waals surface area (Å²) in [4.78, 5) is 5.22. The molecular formula is C15H13ClNO. The smallest absolute Gasteiger partial charge is 0.142 e. The topological polar surface area (TPSA) is 21.6 Å². The van der Waals surface area contributed by atoms with Crippen molar-refractivity contribution in [1.29, 1.82) is 0 Å². The Hall–Kier alpha value is -1.80. The third-order valence-electron chi connectivity index (χ3n) is 2.55. The minimum absolute atomic E-state index is 0.445. The highest BCUT2D eigenvalue weighted by molar-refractivity contribution is 6.30. The van der Waals surface area contributed by atoms with E-state index in [9.17, 15) is 0 Å². The summed E-state index contributed by atoms with van der Waals surface area (Å²) in [6, 6.07) is 15.3. The van der Waals surface area contributed by atoms with Gasteiger partial charge in [-0.2, -0.15) is 0 Å². The number of halogens is 1. The third-order valence-corrected chi connectivity index (χ3v) is 2.78. The van der Waals surface area contributed by atoms with Crippen LogP contribution in [0.2, 0.25) is 5.02 Å². The number of hydrogen-bond donors (Lipinski definition) is 0. The minimum Gasteiger partial charge on any atom is -0.390 e. The SMILES string of the molecule is Cc1ccccc1CO/N=[C]\c1cccc(Cl)c1. The number of nitrogens with zero attached hydrogens (tertiary/aromatic N) is 1. The third kappa shape index (κ3) is 3.60. The molecule has 0 heterocycles. The molecule has 0 amide bonds. The van der Waals surface area contributed by atoms with E-state index in [2.05, 4.69) is 11.4 Å². The molecule has 0 fully saturated rings. The number of aryl methyl sites for hydroxylation is 1. The maximum absolute atomic E-state index is 5.85. The van der Waals surface area contributed by atoms with E-state index in [0.29, 0.717) is 11.6 Å². The zero-order chi connectivity index (χ0) is 12.8. The highest BCUT2D eigenvalue weighted by Gasteiger charge is 1.96. The molecular weight excluding hydrogens is 246 g/mol. The van der Waals surface area contributed by atoms with Crippen molar-refractivity contribution in [2.24, 2.45) is 5.16 Å². The van der Waals surface area contributed by atoms with Gasteiger partial charge in [0.15, 0.2) is 0 Å². The van der Waals surface area contributed by atoms with Crippen molar-refractivity contribution in [3.63, 3.8) is 0 Å². The lowest BCUT2D eigenvalue weighted by Gasteiger charge is -2.02. The van der Waals surface area contributed by atoms with Gasteiger partial charge in [0.05, 0.1) is 0 Å². The second kappa shape index (κ2) is 6.22. The predicted octanol–water partition coefficient (Wildman–Crippen LogP) is 4.08. The second-order valence-electron chi connectivity index (χ2n) is 3.91. The molecule has 2 aromatic carbocycles. The Labute approximate surface area is 112 Å². The van der Waals surface area contributed by atoms with Crippen LogP contribution in [0.3, 0.4) is 0 Å². The number of hydrogen-bond acceptors (Lipinski definition) is 2. The Kier molecular flexibility index (Phi) is 4.37. The van der Waals surface area contributed by atoms with E-state index in [1.165, 1.54) is 5.56 Å². The van der Waals surface area contributed by atoms with Gasteiger partial charge in [-0.25, -0.2) is 0 Å². The first-order valence-corrected chi connectivity index (χ1v) is 6.01. The lowest BCUT2D eigenvalue weighted by molar-refractivity contribution is 0.131. The van der Waals surface area contributed by atoms with Crippen molar-refractivity contribution >= 4 is 17.8 Å². The van der Waals surface area contributed by atoms with Crippen molar-refractivity contribution in [3.05, 3.63) is 70.2 Å². The van der Waals surface area contributed by atoms with Crippen LogP contribution in [0.25, 0.3) is 0 Å². The molecule has 2 aromatic rings. The zero-order valence-electron chi connectivity index (χ0n) is 10.1. The molecule has 0 unspecified atom stereocenters. The van der Waals surface area contributed by atoms with E-state index in [0.717, 1.165) is 11.1 Å². The first-order chi connectivity index (χ1) is 8.75. The molecule has 0 aliphatic carbocycles. The molecule has 0 spiro atoms. The first-order valence-electron chi connectivity index (χ1n) is 5.64. The van der Waals surface area contributed by atoms with Gasteiger partial charge in [-0.3, -0.25) is 0 Å². The van der Waals surface area contributed by atoms with Crippen molar-refractivity contribution in [1.82, 2.24) is 0 Å². The quantitative estimate of drug-likeness (QED) is 0.598. The molecule has 2 nitrogen and oxygen atoms in total. The Balaban J connectivity index is 1.91. The fourth-order valence-electron chi connectivity index (χ4n) is 1.52. The van der Waals surface area contributed by atoms with Crippen LogP contribution in [0.5, 0.6) is 0 Å². The summed E-state index contributed by atoms with van der Waals surface area (Å²) in [5, 5.41) is 4.47. The average molecular weight is 259 g/mol. The van der Waals surface area contributed by atoms with E-state index < -0.39 is 0 Å². The van der Waals surface area contributed by atoms with Crippen LogP contribution in [-0.4, -0.2) is 6.21 Å². The number of rotatable bonds is 4. The minimum atomic E-state index is 0.445. The molecule has 0 aliphatic rings. The van der Waals surface area contributed by atoms with Gasteiger partial charge in [0.1, 0.15) is 12.8 Å². The summed E-state index contributed by atoms with van der Waals surface area (Å²) in [6.07, 6.45) is 2.79. The fourth-order valence-corrected chi connectivity index (χ4v) is 1.71. The summed E-state index contributed by atoms with van der Waals surface area (Å²) in [5.74, 6) is 0. The summed E-state index contributed by atoms with van der Waals surface area (Å²) in [5.41, 5.74) is 3.11. The molecule has 0 saturated carbocycles. The molecule has 91 valence electrons. The van der Waals surface area contributed by atoms with E-state index in [1.807, 2.05) is 43.3 Å². The molecule has 0 bridgehead atoms. The van der Waals surface area contributed by atoms with Crippen LogP contribution in [0.4, 0.5) is 0 Å². The second-order valence-corrected chi connectivity index (χ2v) is 4.35. The van der Waals surface area contributed by atoms with Gasteiger partial charge in [-0.15, -0.1) is 0 Å². The highest BCUT2D eigenvalue weighted by atomic mass is 35.5. The molecule has 1 radical (unpaired) electrons. The van der Waals surface area contributed by atoms with Gasteiger partial charge in [0, 0.05) is 10.6 Å². The van der Waals surface area contributed by atoms with Crippen molar-refractivity contribution in [2.45, 2.75) is 13.5 Å². The summed E-state index contributed by atoms with van der Waals surface area (Å²) >= 11 is 5.85. The molecule has 0 atom stereocenters. The van der Waals surface area contributed by atoms with Crippen LogP contribution in [0.1, 0.15) is 16.7 Å². The van der Waals surface area contributed by atoms with Gasteiger partial charge >= 0.3 is 0 Å². The summed E-state index contributed by atoms with van der Waals surface area (Å²) in [7, 11) is 0. The molecule has 3 heteroatoms. The van der Waals surface area contributed by atoms with E-state index in [1.54, 1.807) is 12.1 Å². The predicted molar refractivity (Wildman–Crippen MR) is 74.0 cm³/mol. The maximum Gasteiger partial charge on any atom is 0.142 e. The Morgan fingerprint density at radius 1 is 1.17 bits per heavy atom. The van der Waals surface area contributed by atoms with E-state index in [-0.39, 0.29) is 0 Å². The van der Waals surface area contributed by atoms with Crippen LogP contribution < -0.4 is 0 Å². The number of benzene rings is 2. The lowest BCUT2D eigenvalue weighted by Crippen LogP contribution is -1.91. The van der Waals surface area contributed by atoms with Crippen LogP contribution in [-0.2, 0) is 11.4 Å². The molecule has 0 aromatic heterocycles. The Morgan fingerprint density at radius 2 is 2.00 bits per heavy atom. The average Bonchev–Trinajstić information content (AvgIpc) is 2.37. The first kappa shape index (κ1) is 12.7. The van der Waals surface area contributed by atoms with Crippen molar-refractivity contribution in [3.8, 4) is 0 Å². The van der Waals surface area contributed by atoms with Crippen LogP contribution in [0, 0.1) is 6.92 Å². The summed E-state index contributed by atoms with van der Waals surface area (Å²) in [6.45, 7) is 2.49. The zero-order valence-corrected chi connectivity index (χ0v) is 10.8. The lowest BCUT2D eigenvalue weighted by atomic mass is 10.1. The molecule has 0 aliphatic heterocycles. The normalized spacial score (nSPS) is 10.8. The maximum atomic E-state index is 5.85. The largest absolute Gasteiger partial charge is 0.390 e. The Bertz CT molecular complexity index is 552. The molecule has 18 heavy (non-hydrogen) atoms. The van der Waals surface area contributed by atoms with Gasteiger partial charge < -0.3 is 4.84 Å². The monoisotopic (exact) mass is 258 g/mol. The van der Waals surface area contributed by atoms with Crippen LogP contribution >= 0.6 is 11.6 Å². The Morgan fingerprint density at radius 3 is 2.78 bits per heavy atom. The fraction of sp³-hybridized carbons (Fsp3) is 0.133. The van der Waals surface area contributed by atoms with Gasteiger partial charge in [-0.1, -0.05) is 53.2 Å². The van der Waals surface area contributed by atoms with Gasteiger partial charge in [0.25, 0.3) is 0 Å². The molecule has 2 rings (SSSR count). The van der Waals surface area contributed by atoms with Crippen LogP contribution in [0.15, 0.2) is 53.7 Å².